The van der Waals surface area contributed by atoms with Crippen LogP contribution >= 0.6 is 7.82 Å². The van der Waals surface area contributed by atoms with Gasteiger partial charge < -0.3 is 20.5 Å². The van der Waals surface area contributed by atoms with Gasteiger partial charge in [-0.3, -0.25) is 13.8 Å². The molecule has 0 aliphatic carbocycles. The molecule has 0 spiro atoms. The molecular weight excluding hydrogens is 241 g/mol. The predicted octanol–water partition coefficient (Wildman–Crippen LogP) is -1.71. The van der Waals surface area contributed by atoms with E-state index >= 15 is 0 Å². The Morgan fingerprint density at radius 2 is 2.06 bits per heavy atom. The molecule has 0 amide bonds. The quantitative estimate of drug-likeness (QED) is 0.349. The zero-order chi connectivity index (χ0) is 12.6. The lowest BCUT2D eigenvalue weighted by atomic mass is 10.4. The maximum Gasteiger partial charge on any atom is 0.472 e. The maximum absolute atomic E-state index is 11.1. The maximum atomic E-state index is 11.1. The van der Waals surface area contributed by atoms with Crippen molar-refractivity contribution >= 4 is 13.8 Å². The zero-order valence-corrected chi connectivity index (χ0v) is 9.89. The van der Waals surface area contributed by atoms with Crippen LogP contribution in [0.5, 0.6) is 0 Å². The van der Waals surface area contributed by atoms with E-state index in [2.05, 4.69) is 19.5 Å². The number of phosphoric ester groups is 1. The molecule has 2 atom stereocenters. The third kappa shape index (κ3) is 8.78. The summed E-state index contributed by atoms with van der Waals surface area (Å²) in [5.74, 6) is -0.556. The molecule has 1 unspecified atom stereocenters. The summed E-state index contributed by atoms with van der Waals surface area (Å²) in [7, 11) is -4.15. The topological polar surface area (TPSA) is 130 Å². The molecule has 0 aromatic carbocycles. The Balaban J connectivity index is 3.76. The fraction of sp³-hybridized carbons (Fsp3) is 0.857. The molecule has 5 N–H and O–H groups in total. The summed E-state index contributed by atoms with van der Waals surface area (Å²) in [6.07, 6.45) is -1.17. The number of esters is 1. The number of hydrogen-bond acceptors (Lipinski definition) is 6. The second-order valence-electron chi connectivity index (χ2n) is 2.91. The van der Waals surface area contributed by atoms with Gasteiger partial charge in [0.1, 0.15) is 19.3 Å². The molecule has 16 heavy (non-hydrogen) atoms. The lowest BCUT2D eigenvalue weighted by molar-refractivity contribution is -0.371. The van der Waals surface area contributed by atoms with E-state index < -0.39 is 26.5 Å². The van der Waals surface area contributed by atoms with Crippen LogP contribution in [0, 0.1) is 0 Å². The highest BCUT2D eigenvalue weighted by molar-refractivity contribution is 7.47. The van der Waals surface area contributed by atoms with Crippen LogP contribution in [0.15, 0.2) is 0 Å². The van der Waals surface area contributed by atoms with Gasteiger partial charge in [0.25, 0.3) is 0 Å². The van der Waals surface area contributed by atoms with Crippen LogP contribution in [-0.2, 0) is 23.1 Å². The van der Waals surface area contributed by atoms with Crippen molar-refractivity contribution in [3.8, 4) is 0 Å². The summed E-state index contributed by atoms with van der Waals surface area (Å²) in [5.41, 5.74) is 3.41. The normalized spacial score (nSPS) is 16.5. The third-order valence-corrected chi connectivity index (χ3v) is 2.29. The van der Waals surface area contributed by atoms with Gasteiger partial charge in [-0.25, -0.2) is 4.57 Å². The first-order valence-corrected chi connectivity index (χ1v) is 6.09. The van der Waals surface area contributed by atoms with Gasteiger partial charge >= 0.3 is 13.8 Å². The van der Waals surface area contributed by atoms with Crippen molar-refractivity contribution in [2.45, 2.75) is 13.0 Å². The van der Waals surface area contributed by atoms with E-state index in [1.165, 1.54) is 6.92 Å². The van der Waals surface area contributed by atoms with Gasteiger partial charge in [0, 0.05) is 6.92 Å². The fourth-order valence-electron chi connectivity index (χ4n) is 0.659. The summed E-state index contributed by atoms with van der Waals surface area (Å²) in [6.45, 7) is 0.725. The molecule has 0 saturated heterocycles. The van der Waals surface area contributed by atoms with Gasteiger partial charge in [-0.2, -0.15) is 0 Å². The van der Waals surface area contributed by atoms with E-state index in [0.717, 1.165) is 0 Å². The summed E-state index contributed by atoms with van der Waals surface area (Å²) in [4.78, 5) is 19.4. The van der Waals surface area contributed by atoms with Crippen LogP contribution in [0.2, 0.25) is 0 Å². The lowest BCUT2D eigenvalue weighted by Gasteiger charge is -2.14. The molecule has 0 aliphatic rings. The average molecular weight is 258 g/mol. The molecule has 0 rings (SSSR count). The van der Waals surface area contributed by atoms with Gasteiger partial charge in [-0.15, -0.1) is 0 Å². The van der Waals surface area contributed by atoms with Gasteiger partial charge in [-0.05, 0) is 0 Å². The molecule has 0 heterocycles. The third-order valence-electron chi connectivity index (χ3n) is 1.31. The summed E-state index contributed by atoms with van der Waals surface area (Å²) in [5, 5.41) is 9.18. The van der Waals surface area contributed by atoms with Crippen molar-refractivity contribution in [1.82, 2.24) is 0 Å². The first kappa shape index (κ1) is 15.5. The molecule has 9 heteroatoms. The lowest BCUT2D eigenvalue weighted by Crippen LogP contribution is -2.52. The van der Waals surface area contributed by atoms with E-state index in [1.54, 1.807) is 0 Å². The highest BCUT2D eigenvalue weighted by atomic mass is 31.2. The Labute approximate surface area is 92.9 Å². The van der Waals surface area contributed by atoms with Crippen LogP contribution in [0.4, 0.5) is 0 Å². The number of phosphoric acid groups is 1. The average Bonchev–Trinajstić information content (AvgIpc) is 2.21. The molecule has 0 aliphatic heterocycles. The van der Waals surface area contributed by atoms with E-state index in [1.807, 2.05) is 0 Å². The predicted molar refractivity (Wildman–Crippen MR) is 52.1 cm³/mol. The minimum Gasteiger partial charge on any atom is -0.463 e. The van der Waals surface area contributed by atoms with E-state index in [9.17, 15) is 14.5 Å². The highest BCUT2D eigenvalue weighted by Crippen LogP contribution is 2.42. The molecular formula is C7H17NO7P+. The standard InChI is InChI=1S/C7H16NO7P/c1-6(9)13-4-7(10)5-15-16(11,12)14-3-2-8/h7,10H,2-5,8H2,1H3,(H,11,12)/p+1/t7-/m0/s1. The van der Waals surface area contributed by atoms with Crippen LogP contribution in [0.1, 0.15) is 6.92 Å². The Morgan fingerprint density at radius 3 is 2.56 bits per heavy atom. The van der Waals surface area contributed by atoms with E-state index in [4.69, 9.17) is 4.89 Å². The molecule has 8 nitrogen and oxygen atoms in total. The van der Waals surface area contributed by atoms with Crippen LogP contribution in [0.3, 0.4) is 0 Å². The van der Waals surface area contributed by atoms with Gasteiger partial charge in [0.2, 0.25) is 0 Å². The van der Waals surface area contributed by atoms with Crippen LogP contribution in [0.25, 0.3) is 0 Å². The summed E-state index contributed by atoms with van der Waals surface area (Å²) < 4.78 is 24.4. The molecule has 0 aromatic heterocycles. The first-order chi connectivity index (χ1) is 7.37. The van der Waals surface area contributed by atoms with Crippen molar-refractivity contribution in [2.75, 3.05) is 26.4 Å². The Kier molecular flexibility index (Phi) is 7.48. The van der Waals surface area contributed by atoms with Crippen molar-refractivity contribution in [1.29, 1.82) is 0 Å². The van der Waals surface area contributed by atoms with E-state index in [-0.39, 0.29) is 13.2 Å². The molecule has 0 radical (unpaired) electrons. The van der Waals surface area contributed by atoms with Crippen LogP contribution in [-0.4, -0.2) is 48.4 Å². The van der Waals surface area contributed by atoms with E-state index in [0.29, 0.717) is 6.54 Å². The minimum atomic E-state index is -4.15. The number of quaternary nitrogens is 1. The number of carbonyl (C=O) groups excluding carboxylic acids is 1. The smallest absolute Gasteiger partial charge is 0.463 e. The Morgan fingerprint density at radius 1 is 1.44 bits per heavy atom. The fourth-order valence-corrected chi connectivity index (χ4v) is 1.45. The second-order valence-corrected chi connectivity index (χ2v) is 4.36. The van der Waals surface area contributed by atoms with Crippen molar-refractivity contribution in [3.05, 3.63) is 0 Å². The van der Waals surface area contributed by atoms with Crippen molar-refractivity contribution in [3.63, 3.8) is 0 Å². The Bertz CT molecular complexity index is 259. The number of hydrogen-bond donors (Lipinski definition) is 3. The summed E-state index contributed by atoms with van der Waals surface area (Å²) >= 11 is 0. The largest absolute Gasteiger partial charge is 0.472 e. The van der Waals surface area contributed by atoms with Crippen molar-refractivity contribution in [2.24, 2.45) is 0 Å². The van der Waals surface area contributed by atoms with Gasteiger partial charge in [-0.1, -0.05) is 0 Å². The zero-order valence-electron chi connectivity index (χ0n) is 9.00. The highest BCUT2D eigenvalue weighted by Gasteiger charge is 2.22. The summed E-state index contributed by atoms with van der Waals surface area (Å²) in [6, 6.07) is 0. The van der Waals surface area contributed by atoms with Crippen LogP contribution < -0.4 is 5.73 Å². The molecule has 0 fully saturated rings. The van der Waals surface area contributed by atoms with Gasteiger partial charge in [0.05, 0.1) is 13.2 Å². The van der Waals surface area contributed by atoms with Gasteiger partial charge in [0.15, 0.2) is 0 Å². The molecule has 0 bridgehead atoms. The monoisotopic (exact) mass is 258 g/mol. The Hall–Kier alpha value is -0.500. The van der Waals surface area contributed by atoms with Crippen molar-refractivity contribution < 1.29 is 38.9 Å². The number of ether oxygens (including phenoxy) is 1. The molecule has 0 aromatic rings. The molecule has 0 saturated carbocycles. The number of aliphatic hydroxyl groups is 1. The number of rotatable bonds is 8. The number of carbonyl (C=O) groups is 1. The SMILES string of the molecule is CC(=O)OC[C@H](O)COP(=O)(O)OCC[NH3+]. The minimum absolute atomic E-state index is 0.0200. The first-order valence-electron chi connectivity index (χ1n) is 4.60. The second kappa shape index (κ2) is 7.72. The molecule has 96 valence electrons. The number of aliphatic hydroxyl groups excluding tert-OH is 1.